The highest BCUT2D eigenvalue weighted by Crippen LogP contribution is 2.13. The second-order valence-electron chi connectivity index (χ2n) is 8.68. The molecule has 1 aromatic carbocycles. The summed E-state index contributed by atoms with van der Waals surface area (Å²) in [6.07, 6.45) is 2.72. The van der Waals surface area contributed by atoms with Crippen molar-refractivity contribution in [2.75, 3.05) is 30.5 Å². The number of anilines is 1. The molecule has 0 fully saturated rings. The minimum absolute atomic E-state index is 0.0416. The molecule has 13 heteroatoms. The predicted octanol–water partition coefficient (Wildman–Crippen LogP) is 0.483. The third kappa shape index (κ3) is 8.85. The molecule has 3 rings (SSSR count). The van der Waals surface area contributed by atoms with E-state index in [4.69, 9.17) is 5.11 Å². The summed E-state index contributed by atoms with van der Waals surface area (Å²) in [5.41, 5.74) is 2.72. The first kappa shape index (κ1) is 29.2. The van der Waals surface area contributed by atoms with Crippen LogP contribution in [0.4, 0.5) is 5.69 Å². The van der Waals surface area contributed by atoms with Gasteiger partial charge in [0.05, 0.1) is 33.7 Å². The summed E-state index contributed by atoms with van der Waals surface area (Å²) in [5, 5.41) is 27.4. The average molecular weight is 553 g/mol. The van der Waals surface area contributed by atoms with Gasteiger partial charge in [-0.15, -0.1) is 0 Å². The number of aryl methyl sites for hydroxylation is 2. The van der Waals surface area contributed by atoms with Gasteiger partial charge in [-0.3, -0.25) is 24.0 Å². The van der Waals surface area contributed by atoms with Crippen LogP contribution in [-0.2, 0) is 21.6 Å². The Morgan fingerprint density at radius 3 is 2.59 bits per heavy atom. The summed E-state index contributed by atoms with van der Waals surface area (Å²) >= 11 is 0. The van der Waals surface area contributed by atoms with Crippen LogP contribution in [0.5, 0.6) is 0 Å². The fraction of sp³-hybridized carbons (Fsp3) is 0.269. The zero-order valence-electron chi connectivity index (χ0n) is 21.5. The van der Waals surface area contributed by atoms with Crippen molar-refractivity contribution in [3.8, 4) is 11.8 Å². The molecular weight excluding hydrogens is 524 g/mol. The Morgan fingerprint density at radius 1 is 1.15 bits per heavy atom. The molecule has 39 heavy (non-hydrogen) atoms. The average Bonchev–Trinajstić information content (AvgIpc) is 3.23. The number of carbonyl (C=O) groups excluding carboxylic acids is 3. The van der Waals surface area contributed by atoms with Crippen molar-refractivity contribution in [1.82, 2.24) is 20.1 Å². The number of benzene rings is 1. The number of aromatic nitrogens is 3. The van der Waals surface area contributed by atoms with Gasteiger partial charge in [0.2, 0.25) is 5.91 Å². The monoisotopic (exact) mass is 552 g/mol. The number of aliphatic hydroxyl groups excluding tert-OH is 2. The predicted molar refractivity (Wildman–Crippen MR) is 144 cm³/mol. The summed E-state index contributed by atoms with van der Waals surface area (Å²) in [6, 6.07) is 10.0. The van der Waals surface area contributed by atoms with E-state index < -0.39 is 40.0 Å². The minimum Gasteiger partial charge on any atom is -0.394 e. The Hall–Kier alpha value is -4.38. The van der Waals surface area contributed by atoms with Gasteiger partial charge < -0.3 is 20.8 Å². The molecule has 0 unspecified atom stereocenters. The molecule has 2 atom stereocenters. The van der Waals surface area contributed by atoms with Crippen molar-refractivity contribution in [2.45, 2.75) is 13.0 Å². The fourth-order valence-corrected chi connectivity index (χ4v) is 4.42. The maximum Gasteiger partial charge on any atom is 0.286 e. The molecule has 4 N–H and O–H groups in total. The first-order chi connectivity index (χ1) is 18.5. The van der Waals surface area contributed by atoms with Gasteiger partial charge in [-0.2, -0.15) is 9.46 Å². The Morgan fingerprint density at radius 2 is 1.90 bits per heavy atom. The van der Waals surface area contributed by atoms with E-state index >= 15 is 0 Å². The fourth-order valence-electron chi connectivity index (χ4n) is 3.31. The lowest BCUT2D eigenvalue weighted by atomic mass is 10.1. The summed E-state index contributed by atoms with van der Waals surface area (Å²) < 4.78 is 17.8. The first-order valence-electron chi connectivity index (χ1n) is 11.6. The third-order valence-electron chi connectivity index (χ3n) is 5.11. The number of amides is 3. The molecule has 3 aromatic rings. The molecule has 0 saturated heterocycles. The molecule has 2 aromatic heterocycles. The highest BCUT2D eigenvalue weighted by Gasteiger charge is 2.15. The summed E-state index contributed by atoms with van der Waals surface area (Å²) in [7, 11) is -1.53. The highest BCUT2D eigenvalue weighted by atomic mass is 32.2. The number of nitrogens with one attached hydrogen (secondary N) is 2. The summed E-state index contributed by atoms with van der Waals surface area (Å²) in [5.74, 6) is 3.47. The second kappa shape index (κ2) is 12.9. The van der Waals surface area contributed by atoms with Crippen molar-refractivity contribution in [1.29, 1.82) is 0 Å². The maximum absolute atomic E-state index is 12.7. The molecule has 12 nitrogen and oxygen atoms in total. The summed E-state index contributed by atoms with van der Waals surface area (Å²) in [6.45, 7) is 1.04. The Kier molecular flexibility index (Phi) is 9.67. The topological polar surface area (TPSA) is 176 Å². The number of rotatable bonds is 8. The second-order valence-corrected chi connectivity index (χ2v) is 11.1. The molecule has 0 spiro atoms. The molecule has 0 aliphatic rings. The molecule has 0 aliphatic heterocycles. The van der Waals surface area contributed by atoms with Gasteiger partial charge in [0.1, 0.15) is 11.4 Å². The molecule has 0 radical (unpaired) electrons. The van der Waals surface area contributed by atoms with Crippen molar-refractivity contribution in [3.63, 3.8) is 0 Å². The van der Waals surface area contributed by atoms with Crippen LogP contribution < -0.4 is 10.6 Å². The van der Waals surface area contributed by atoms with Crippen molar-refractivity contribution in [2.24, 2.45) is 11.4 Å². The number of hydrogen-bond acceptors (Lipinski definition) is 8. The van der Waals surface area contributed by atoms with Gasteiger partial charge in [0.25, 0.3) is 11.8 Å². The lowest BCUT2D eigenvalue weighted by molar-refractivity contribution is -0.119. The van der Waals surface area contributed by atoms with E-state index in [1.165, 1.54) is 29.4 Å². The summed E-state index contributed by atoms with van der Waals surface area (Å²) in [4.78, 5) is 41.1. The van der Waals surface area contributed by atoms with Crippen LogP contribution in [-0.4, -0.2) is 78.2 Å². The van der Waals surface area contributed by atoms with Crippen LogP contribution in [0.25, 0.3) is 0 Å². The zero-order chi connectivity index (χ0) is 28.6. The van der Waals surface area contributed by atoms with Crippen LogP contribution in [0.15, 0.2) is 53.2 Å². The van der Waals surface area contributed by atoms with E-state index in [0.717, 1.165) is 5.69 Å². The molecule has 3 amide bonds. The molecule has 0 aliphatic carbocycles. The van der Waals surface area contributed by atoms with Crippen molar-refractivity contribution < 1.29 is 28.8 Å². The largest absolute Gasteiger partial charge is 0.394 e. The zero-order valence-corrected chi connectivity index (χ0v) is 22.4. The smallest absolute Gasteiger partial charge is 0.286 e. The Labute approximate surface area is 225 Å². The van der Waals surface area contributed by atoms with E-state index in [0.29, 0.717) is 22.5 Å². The number of pyridine rings is 1. The number of nitrogens with zero attached hydrogens (tertiary/aromatic N) is 4. The van der Waals surface area contributed by atoms with E-state index in [-0.39, 0.29) is 18.0 Å². The van der Waals surface area contributed by atoms with Gasteiger partial charge >= 0.3 is 0 Å². The van der Waals surface area contributed by atoms with Crippen LogP contribution in [0.3, 0.4) is 0 Å². The van der Waals surface area contributed by atoms with Gasteiger partial charge in [-0.1, -0.05) is 17.9 Å². The molecule has 2 heterocycles. The lowest BCUT2D eigenvalue weighted by Gasteiger charge is -2.09. The van der Waals surface area contributed by atoms with E-state index in [1.54, 1.807) is 44.3 Å². The van der Waals surface area contributed by atoms with Gasteiger partial charge in [-0.05, 0) is 37.3 Å². The number of carbonyl (C=O) groups is 3. The normalized spacial score (nSPS) is 12.8. The molecule has 0 bridgehead atoms. The molecule has 0 saturated carbocycles. The van der Waals surface area contributed by atoms with Gasteiger partial charge in [0.15, 0.2) is 0 Å². The molecule has 204 valence electrons. The van der Waals surface area contributed by atoms with Gasteiger partial charge in [-0.25, -0.2) is 4.21 Å². The van der Waals surface area contributed by atoms with Crippen LogP contribution in [0, 0.1) is 18.8 Å². The third-order valence-corrected chi connectivity index (χ3v) is 6.46. The Bertz CT molecular complexity index is 1580. The minimum atomic E-state index is -3.22. The van der Waals surface area contributed by atoms with Crippen LogP contribution in [0.2, 0.25) is 0 Å². The van der Waals surface area contributed by atoms with E-state index in [2.05, 4.69) is 36.9 Å². The Balaban J connectivity index is 1.70. The number of hydrogen-bond donors (Lipinski definition) is 4. The van der Waals surface area contributed by atoms with Crippen LogP contribution in [0.1, 0.15) is 37.7 Å². The van der Waals surface area contributed by atoms with Crippen LogP contribution >= 0.6 is 0 Å². The molecular formula is C26H28N6O6S. The van der Waals surface area contributed by atoms with Crippen molar-refractivity contribution in [3.05, 3.63) is 76.9 Å². The van der Waals surface area contributed by atoms with Crippen molar-refractivity contribution >= 4 is 33.1 Å². The standard InChI is InChI=1S/C26H28N6O6S/c1-17-9-23(32(2)30-17)26(37)29-21-6-4-5-18(11-21)7-8-19-10-20(13-27-12-19)25(36)31-39(3,38)16-24(35)28-14-22(34)15-33/h4-6,9-13,22,33-34H,14-16H2,1-3H3,(H,28,35)(H,29,37)/t22-,39+/m0/s1. The number of aliphatic hydroxyl groups is 2. The first-order valence-corrected chi connectivity index (χ1v) is 13.7. The quantitative estimate of drug-likeness (QED) is 0.292. The van der Waals surface area contributed by atoms with E-state index in [9.17, 15) is 23.7 Å². The highest BCUT2D eigenvalue weighted by molar-refractivity contribution is 7.93. The lowest BCUT2D eigenvalue weighted by Crippen LogP contribution is -2.37. The van der Waals surface area contributed by atoms with Gasteiger partial charge in [0, 0.05) is 49.1 Å². The SMILES string of the molecule is Cc1cc(C(=O)Nc2cccc(C#Cc3cncc(C(=O)N=[S@](C)(=O)CC(=O)NC[C@H](O)CO)c3)c2)n(C)n1. The van der Waals surface area contributed by atoms with E-state index in [1.807, 2.05) is 0 Å². The maximum atomic E-state index is 12.7.